The van der Waals surface area contributed by atoms with Crippen LogP contribution in [0.5, 0.6) is 0 Å². The lowest BCUT2D eigenvalue weighted by atomic mass is 10.2. The van der Waals surface area contributed by atoms with Gasteiger partial charge in [0.05, 0.1) is 22.3 Å². The van der Waals surface area contributed by atoms with E-state index in [9.17, 15) is 0 Å². The van der Waals surface area contributed by atoms with E-state index < -0.39 is 0 Å². The molecule has 0 amide bonds. The third-order valence-electron chi connectivity index (χ3n) is 1.82. The van der Waals surface area contributed by atoms with E-state index in [1.807, 2.05) is 24.6 Å². The molecule has 0 atom stereocenters. The standard InChI is InChI=1S/C10H11NO2S/c1-2-12-13-6-8-3-4-9-10(5-8)14-7-11-9/h3-5,7H,2,6H2,1H3. The first-order valence-corrected chi connectivity index (χ1v) is 5.34. The highest BCUT2D eigenvalue weighted by atomic mass is 32.1. The van der Waals surface area contributed by atoms with Crippen LogP contribution < -0.4 is 0 Å². The van der Waals surface area contributed by atoms with Crippen molar-refractivity contribution in [1.82, 2.24) is 4.98 Å². The highest BCUT2D eigenvalue weighted by Crippen LogP contribution is 2.19. The highest BCUT2D eigenvalue weighted by molar-refractivity contribution is 7.16. The number of hydrogen-bond acceptors (Lipinski definition) is 4. The molecule has 0 fully saturated rings. The smallest absolute Gasteiger partial charge is 0.107 e. The van der Waals surface area contributed by atoms with Crippen LogP contribution in [-0.4, -0.2) is 11.6 Å². The molecule has 0 unspecified atom stereocenters. The number of benzene rings is 1. The van der Waals surface area contributed by atoms with Gasteiger partial charge in [-0.25, -0.2) is 14.8 Å². The van der Waals surface area contributed by atoms with Gasteiger partial charge in [-0.05, 0) is 24.6 Å². The van der Waals surface area contributed by atoms with Crippen molar-refractivity contribution < 1.29 is 9.78 Å². The van der Waals surface area contributed by atoms with Crippen molar-refractivity contribution in [2.75, 3.05) is 6.61 Å². The average Bonchev–Trinajstić information content (AvgIpc) is 2.65. The summed E-state index contributed by atoms with van der Waals surface area (Å²) in [5.74, 6) is 0. The van der Waals surface area contributed by atoms with Gasteiger partial charge in [0.15, 0.2) is 0 Å². The van der Waals surface area contributed by atoms with Crippen molar-refractivity contribution in [3.05, 3.63) is 29.3 Å². The molecule has 2 aromatic rings. The van der Waals surface area contributed by atoms with Gasteiger partial charge in [0, 0.05) is 0 Å². The van der Waals surface area contributed by atoms with E-state index >= 15 is 0 Å². The molecular weight excluding hydrogens is 198 g/mol. The Hall–Kier alpha value is -0.970. The minimum Gasteiger partial charge on any atom is -0.245 e. The normalized spacial score (nSPS) is 10.9. The van der Waals surface area contributed by atoms with Gasteiger partial charge in [0.1, 0.15) is 6.61 Å². The fourth-order valence-corrected chi connectivity index (χ4v) is 1.92. The number of thiazole rings is 1. The summed E-state index contributed by atoms with van der Waals surface area (Å²) in [5, 5.41) is 0. The first kappa shape index (κ1) is 9.58. The van der Waals surface area contributed by atoms with Gasteiger partial charge < -0.3 is 0 Å². The molecule has 1 heterocycles. The molecule has 14 heavy (non-hydrogen) atoms. The summed E-state index contributed by atoms with van der Waals surface area (Å²) in [4.78, 5) is 14.0. The zero-order valence-corrected chi connectivity index (χ0v) is 8.71. The van der Waals surface area contributed by atoms with Crippen LogP contribution in [0.2, 0.25) is 0 Å². The highest BCUT2D eigenvalue weighted by Gasteiger charge is 1.98. The molecule has 0 N–H and O–H groups in total. The Labute approximate surface area is 86.2 Å². The minimum absolute atomic E-state index is 0.488. The molecule has 0 saturated carbocycles. The molecule has 2 rings (SSSR count). The molecule has 4 heteroatoms. The van der Waals surface area contributed by atoms with Crippen LogP contribution in [0.4, 0.5) is 0 Å². The topological polar surface area (TPSA) is 31.4 Å². The second kappa shape index (κ2) is 4.50. The monoisotopic (exact) mass is 209 g/mol. The van der Waals surface area contributed by atoms with Crippen molar-refractivity contribution in [3.63, 3.8) is 0 Å². The number of nitrogens with zero attached hydrogens (tertiary/aromatic N) is 1. The van der Waals surface area contributed by atoms with Gasteiger partial charge in [-0.15, -0.1) is 11.3 Å². The molecule has 0 saturated heterocycles. The van der Waals surface area contributed by atoms with Gasteiger partial charge in [0.2, 0.25) is 0 Å². The molecular formula is C10H11NO2S. The maximum absolute atomic E-state index is 4.98. The Morgan fingerprint density at radius 1 is 1.36 bits per heavy atom. The molecule has 0 aliphatic heterocycles. The zero-order chi connectivity index (χ0) is 9.80. The van der Waals surface area contributed by atoms with E-state index in [4.69, 9.17) is 9.78 Å². The molecule has 0 aliphatic rings. The van der Waals surface area contributed by atoms with Crippen LogP contribution in [0, 0.1) is 0 Å². The summed E-state index contributed by atoms with van der Waals surface area (Å²) in [6.07, 6.45) is 0. The Kier molecular flexibility index (Phi) is 3.08. The first-order chi connectivity index (χ1) is 6.90. The lowest BCUT2D eigenvalue weighted by Gasteiger charge is -2.01. The van der Waals surface area contributed by atoms with E-state index in [0.717, 1.165) is 11.1 Å². The van der Waals surface area contributed by atoms with Crippen molar-refractivity contribution in [3.8, 4) is 0 Å². The summed E-state index contributed by atoms with van der Waals surface area (Å²) < 4.78 is 1.18. The summed E-state index contributed by atoms with van der Waals surface area (Å²) in [6, 6.07) is 6.07. The first-order valence-electron chi connectivity index (χ1n) is 4.46. The summed E-state index contributed by atoms with van der Waals surface area (Å²) >= 11 is 1.63. The summed E-state index contributed by atoms with van der Waals surface area (Å²) in [6.45, 7) is 2.96. The van der Waals surface area contributed by atoms with Crippen molar-refractivity contribution >= 4 is 21.6 Å². The molecule has 0 bridgehead atoms. The molecule has 1 aromatic heterocycles. The van der Waals surface area contributed by atoms with E-state index in [0.29, 0.717) is 13.2 Å². The fraction of sp³-hybridized carbons (Fsp3) is 0.300. The predicted molar refractivity (Wildman–Crippen MR) is 56.0 cm³/mol. The Balaban J connectivity index is 2.10. The summed E-state index contributed by atoms with van der Waals surface area (Å²) in [5.41, 5.74) is 3.99. The molecule has 0 aliphatic carbocycles. The van der Waals surface area contributed by atoms with Gasteiger partial charge in [-0.1, -0.05) is 6.07 Å². The zero-order valence-electron chi connectivity index (χ0n) is 7.90. The number of rotatable bonds is 4. The predicted octanol–water partition coefficient (Wildman–Crippen LogP) is 2.76. The summed E-state index contributed by atoms with van der Waals surface area (Å²) in [7, 11) is 0. The van der Waals surface area contributed by atoms with Crippen LogP contribution in [0.15, 0.2) is 23.7 Å². The van der Waals surface area contributed by atoms with Crippen LogP contribution in [0.1, 0.15) is 12.5 Å². The molecule has 0 radical (unpaired) electrons. The molecule has 3 nitrogen and oxygen atoms in total. The second-order valence-electron chi connectivity index (χ2n) is 2.82. The van der Waals surface area contributed by atoms with Gasteiger partial charge in [0.25, 0.3) is 0 Å². The molecule has 0 spiro atoms. The van der Waals surface area contributed by atoms with Crippen molar-refractivity contribution in [1.29, 1.82) is 0 Å². The van der Waals surface area contributed by atoms with Crippen LogP contribution in [0.25, 0.3) is 10.2 Å². The van der Waals surface area contributed by atoms with Crippen molar-refractivity contribution in [2.24, 2.45) is 0 Å². The van der Waals surface area contributed by atoms with Gasteiger partial charge >= 0.3 is 0 Å². The Bertz CT molecular complexity index is 413. The largest absolute Gasteiger partial charge is 0.245 e. The fourth-order valence-electron chi connectivity index (χ4n) is 1.18. The molecule has 74 valence electrons. The number of aromatic nitrogens is 1. The Morgan fingerprint density at radius 2 is 2.29 bits per heavy atom. The van der Waals surface area contributed by atoms with Crippen LogP contribution >= 0.6 is 11.3 Å². The van der Waals surface area contributed by atoms with Crippen molar-refractivity contribution in [2.45, 2.75) is 13.5 Å². The average molecular weight is 209 g/mol. The van der Waals surface area contributed by atoms with E-state index in [-0.39, 0.29) is 0 Å². The van der Waals surface area contributed by atoms with E-state index in [1.165, 1.54) is 4.70 Å². The lowest BCUT2D eigenvalue weighted by molar-refractivity contribution is -0.300. The Morgan fingerprint density at radius 3 is 3.14 bits per heavy atom. The minimum atomic E-state index is 0.488. The lowest BCUT2D eigenvalue weighted by Crippen LogP contribution is -1.94. The quantitative estimate of drug-likeness (QED) is 0.441. The van der Waals surface area contributed by atoms with E-state index in [2.05, 4.69) is 11.1 Å². The van der Waals surface area contributed by atoms with E-state index in [1.54, 1.807) is 11.3 Å². The third-order valence-corrected chi connectivity index (χ3v) is 2.61. The van der Waals surface area contributed by atoms with Gasteiger partial charge in [-0.3, -0.25) is 0 Å². The third kappa shape index (κ3) is 2.09. The van der Waals surface area contributed by atoms with Crippen LogP contribution in [0.3, 0.4) is 0 Å². The van der Waals surface area contributed by atoms with Gasteiger partial charge in [-0.2, -0.15) is 0 Å². The number of hydrogen-bond donors (Lipinski definition) is 0. The molecule has 1 aromatic carbocycles. The second-order valence-corrected chi connectivity index (χ2v) is 3.71. The van der Waals surface area contributed by atoms with Crippen LogP contribution in [-0.2, 0) is 16.4 Å². The SMILES string of the molecule is CCOOCc1ccc2ncsc2c1. The number of fused-ring (bicyclic) bond motifs is 1. The maximum atomic E-state index is 4.98. The maximum Gasteiger partial charge on any atom is 0.107 e.